The summed E-state index contributed by atoms with van der Waals surface area (Å²) in [5, 5.41) is 0. The van der Waals surface area contributed by atoms with E-state index < -0.39 is 26.4 Å². The molecule has 0 aromatic heterocycles. The van der Waals surface area contributed by atoms with Crippen LogP contribution in [0.3, 0.4) is 0 Å². The minimum atomic E-state index is -3.82. The van der Waals surface area contributed by atoms with Gasteiger partial charge in [-0.15, -0.1) is 0 Å². The van der Waals surface area contributed by atoms with Crippen molar-refractivity contribution in [1.29, 1.82) is 0 Å². The second-order valence-corrected chi connectivity index (χ2v) is 20.5. The summed E-state index contributed by atoms with van der Waals surface area (Å²) in [6, 6.07) is 31.5. The minimum Gasteiger partial charge on any atom is -0.465 e. The molecule has 18 nitrogen and oxygen atoms in total. The lowest BCUT2D eigenvalue weighted by Crippen LogP contribution is -2.50. The van der Waals surface area contributed by atoms with Crippen LogP contribution in [0.5, 0.6) is 0 Å². The summed E-state index contributed by atoms with van der Waals surface area (Å²) < 4.78 is 64.5. The molecule has 0 aliphatic carbocycles. The molecule has 0 saturated carbocycles. The van der Waals surface area contributed by atoms with Crippen LogP contribution in [-0.2, 0) is 47.8 Å². The summed E-state index contributed by atoms with van der Waals surface area (Å²) in [5.41, 5.74) is 8.96. The maximum absolute atomic E-state index is 13.6. The number of ether oxygens (including phenoxy) is 1. The van der Waals surface area contributed by atoms with Crippen molar-refractivity contribution < 1.29 is 40.8 Å². The highest BCUT2D eigenvalue weighted by Gasteiger charge is 2.30. The number of anilines is 2. The van der Waals surface area contributed by atoms with Crippen LogP contribution in [0.25, 0.3) is 0 Å². The second kappa shape index (κ2) is 25.0. The molecule has 0 radical (unpaired) electrons. The molecule has 2 N–H and O–H groups in total. The van der Waals surface area contributed by atoms with Crippen molar-refractivity contribution in [2.45, 2.75) is 26.9 Å². The van der Waals surface area contributed by atoms with Gasteiger partial charge in [-0.05, 0) is 47.5 Å². The summed E-state index contributed by atoms with van der Waals surface area (Å²) in [5.74, 6) is -0.471. The van der Waals surface area contributed by atoms with Crippen molar-refractivity contribution >= 4 is 55.4 Å². The predicted molar refractivity (Wildman–Crippen MR) is 263 cm³/mol. The van der Waals surface area contributed by atoms with E-state index in [2.05, 4.69) is 9.80 Å². The molecule has 2 saturated heterocycles. The maximum Gasteiger partial charge on any atom is 0.337 e. The highest BCUT2D eigenvalue weighted by Crippen LogP contribution is 2.25. The third-order valence-corrected chi connectivity index (χ3v) is 15.8. The molecule has 2 aliphatic heterocycles. The molecular formula is C48H65N9O9S2. The van der Waals surface area contributed by atoms with Gasteiger partial charge in [0.2, 0.25) is 11.8 Å². The first-order valence-corrected chi connectivity index (χ1v) is 25.3. The molecule has 0 unspecified atom stereocenters. The van der Waals surface area contributed by atoms with Crippen molar-refractivity contribution in [3.8, 4) is 0 Å². The number of hydrogen-bond donors (Lipinski definition) is 1. The summed E-state index contributed by atoms with van der Waals surface area (Å²) in [4.78, 5) is 54.5. The fraction of sp³-hybridized carbons (Fsp3) is 0.417. The van der Waals surface area contributed by atoms with Gasteiger partial charge in [-0.3, -0.25) is 32.8 Å². The number of amides is 2. The third-order valence-electron chi connectivity index (χ3n) is 12.0. The highest BCUT2D eigenvalue weighted by molar-refractivity contribution is 7.90. The molecule has 4 aromatic rings. The fourth-order valence-electron chi connectivity index (χ4n) is 7.61. The predicted octanol–water partition coefficient (Wildman–Crippen LogP) is 3.00. The molecule has 0 atom stereocenters. The number of nitrogens with zero attached hydrogens (tertiary/aromatic N) is 8. The Hall–Kier alpha value is -5.74. The van der Waals surface area contributed by atoms with E-state index in [4.69, 9.17) is 10.5 Å². The Morgan fingerprint density at radius 2 is 0.897 bits per heavy atom. The van der Waals surface area contributed by atoms with E-state index >= 15 is 0 Å². The first-order chi connectivity index (χ1) is 32.4. The van der Waals surface area contributed by atoms with Crippen LogP contribution in [0.2, 0.25) is 0 Å². The Kier molecular flexibility index (Phi) is 19.6. The van der Waals surface area contributed by atoms with E-state index in [1.165, 1.54) is 24.3 Å². The van der Waals surface area contributed by atoms with Gasteiger partial charge in [-0.2, -0.15) is 25.4 Å². The van der Waals surface area contributed by atoms with Crippen LogP contribution < -0.4 is 14.3 Å². The van der Waals surface area contributed by atoms with Crippen molar-refractivity contribution in [2.24, 2.45) is 5.73 Å². The molecule has 6 rings (SSSR count). The van der Waals surface area contributed by atoms with Gasteiger partial charge in [0.05, 0.1) is 43.7 Å². The quantitative estimate of drug-likeness (QED) is 0.107. The summed E-state index contributed by atoms with van der Waals surface area (Å²) in [6.45, 7) is 10.7. The average Bonchev–Trinajstić information content (AvgIpc) is 3.36. The lowest BCUT2D eigenvalue weighted by atomic mass is 10.1. The Morgan fingerprint density at radius 1 is 0.544 bits per heavy atom. The van der Waals surface area contributed by atoms with Gasteiger partial charge in [-0.1, -0.05) is 72.8 Å². The van der Waals surface area contributed by atoms with Gasteiger partial charge in [0.25, 0.3) is 0 Å². The zero-order chi connectivity index (χ0) is 49.4. The number of nitrogens with two attached hydrogens (primary N) is 1. The Morgan fingerprint density at radius 3 is 1.22 bits per heavy atom. The van der Waals surface area contributed by atoms with Gasteiger partial charge in [0.1, 0.15) is 0 Å². The second-order valence-electron chi connectivity index (χ2n) is 16.6. The molecule has 2 fully saturated rings. The zero-order valence-electron chi connectivity index (χ0n) is 39.6. The number of benzene rings is 4. The fourth-order valence-corrected chi connectivity index (χ4v) is 10.3. The minimum absolute atomic E-state index is 0.0671. The van der Waals surface area contributed by atoms with Crippen molar-refractivity contribution in [3.63, 3.8) is 0 Å². The standard InChI is InChI=1S/C24H33N5O4S.C24H32N4O5S/c1-20(30)28-16-14-27(15-17-28)13-12-26(2)34(32,33)29(23-6-4-3-5-7-23)19-21-8-10-22(11-9-21)24(31)18-25;1-20(29)27-17-15-26(16-18-27)14-13-25(2)34(31,32)28(23-7-5-4-6-8-23)19-21-9-11-22(12-10-21)24(30)33-3/h3-11H,12-19,25H2,1-2H3;4-12H,13-19H2,1-3H3. The molecule has 0 spiro atoms. The van der Waals surface area contributed by atoms with Crippen LogP contribution in [0.15, 0.2) is 109 Å². The van der Waals surface area contributed by atoms with E-state index in [9.17, 15) is 36.0 Å². The monoisotopic (exact) mass is 975 g/mol. The molecular weight excluding hydrogens is 911 g/mol. The number of likely N-dealkylation sites (N-methyl/N-ethyl adjacent to an activating group) is 2. The molecule has 4 aromatic carbocycles. The maximum atomic E-state index is 13.6. The van der Waals surface area contributed by atoms with Gasteiger partial charge in [0, 0.05) is 112 Å². The van der Waals surface area contributed by atoms with Gasteiger partial charge < -0.3 is 20.3 Å². The van der Waals surface area contributed by atoms with Gasteiger partial charge in [-0.25, -0.2) is 4.79 Å². The van der Waals surface area contributed by atoms with Gasteiger partial charge >= 0.3 is 26.4 Å². The molecule has 2 amide bonds. The smallest absolute Gasteiger partial charge is 0.337 e. The van der Waals surface area contributed by atoms with Crippen LogP contribution >= 0.6 is 0 Å². The number of carbonyl (C=O) groups is 4. The Bertz CT molecular complexity index is 2310. The first-order valence-electron chi connectivity index (χ1n) is 22.5. The Labute approximate surface area is 401 Å². The van der Waals surface area contributed by atoms with Crippen molar-refractivity contribution in [1.82, 2.24) is 28.2 Å². The number of rotatable bonds is 19. The van der Waals surface area contributed by atoms with Crippen LogP contribution in [-0.4, -0.2) is 175 Å². The lowest BCUT2D eigenvalue weighted by molar-refractivity contribution is -0.131. The lowest BCUT2D eigenvalue weighted by Gasteiger charge is -2.35. The number of Topliss-reactive ketones (excluding diaryl/α,β-unsaturated/α-hetero) is 1. The normalized spacial score (nSPS) is 14.8. The van der Waals surface area contributed by atoms with Crippen LogP contribution in [0.4, 0.5) is 11.4 Å². The summed E-state index contributed by atoms with van der Waals surface area (Å²) in [6.07, 6.45) is 0. The zero-order valence-corrected chi connectivity index (χ0v) is 41.3. The number of para-hydroxylation sites is 2. The molecule has 20 heteroatoms. The molecule has 68 heavy (non-hydrogen) atoms. The average molecular weight is 976 g/mol. The van der Waals surface area contributed by atoms with E-state index in [1.807, 2.05) is 12.1 Å². The Balaban J connectivity index is 0.000000254. The number of carbonyl (C=O) groups excluding carboxylic acids is 4. The van der Waals surface area contributed by atoms with Gasteiger partial charge in [0.15, 0.2) is 5.78 Å². The van der Waals surface area contributed by atoms with Crippen molar-refractivity contribution in [3.05, 3.63) is 131 Å². The highest BCUT2D eigenvalue weighted by atomic mass is 32.2. The van der Waals surface area contributed by atoms with E-state index in [0.717, 1.165) is 37.3 Å². The summed E-state index contributed by atoms with van der Waals surface area (Å²) >= 11 is 0. The van der Waals surface area contributed by atoms with Crippen LogP contribution in [0, 0.1) is 0 Å². The number of hydrogen-bond acceptors (Lipinski definition) is 12. The number of piperazine rings is 2. The van der Waals surface area contributed by atoms with Crippen LogP contribution in [0.1, 0.15) is 45.7 Å². The molecule has 368 valence electrons. The van der Waals surface area contributed by atoms with Crippen molar-refractivity contribution in [2.75, 3.05) is 115 Å². The number of esters is 1. The third kappa shape index (κ3) is 14.6. The van der Waals surface area contributed by atoms with E-state index in [1.54, 1.807) is 135 Å². The first kappa shape index (κ1) is 53.2. The molecule has 2 aliphatic rings. The molecule has 0 bridgehead atoms. The topological polar surface area (TPSA) is 198 Å². The SMILES string of the molecule is CC(=O)N1CCN(CCN(C)S(=O)(=O)N(Cc2ccc(C(=O)CN)cc2)c2ccccc2)CC1.COC(=O)c1ccc(CN(c2ccccc2)S(=O)(=O)N(C)CCN2CCN(C(C)=O)CC2)cc1. The summed E-state index contributed by atoms with van der Waals surface area (Å²) in [7, 11) is -3.16. The molecule has 2 heterocycles. The number of methoxy groups -OCH3 is 1. The van der Waals surface area contributed by atoms with E-state index in [-0.39, 0.29) is 37.2 Å². The van der Waals surface area contributed by atoms with E-state index in [0.29, 0.717) is 74.9 Å². The largest absolute Gasteiger partial charge is 0.465 e. The number of ketones is 1.